The van der Waals surface area contributed by atoms with Crippen molar-refractivity contribution in [3.8, 4) is 5.13 Å². The molecule has 20 heavy (non-hydrogen) atoms. The van der Waals surface area contributed by atoms with Gasteiger partial charge in [-0.2, -0.15) is 5.10 Å². The Morgan fingerprint density at radius 1 is 1.50 bits per heavy atom. The van der Waals surface area contributed by atoms with Gasteiger partial charge in [0.05, 0.1) is 17.1 Å². The fourth-order valence-electron chi connectivity index (χ4n) is 3.09. The summed E-state index contributed by atoms with van der Waals surface area (Å²) >= 11 is 1.67. The van der Waals surface area contributed by atoms with Gasteiger partial charge in [0.15, 0.2) is 0 Å². The average molecular weight is 290 g/mol. The first kappa shape index (κ1) is 13.8. The Hall–Kier alpha value is -1.20. The van der Waals surface area contributed by atoms with Gasteiger partial charge in [-0.3, -0.25) is 0 Å². The lowest BCUT2D eigenvalue weighted by atomic mass is 9.83. The molecular formula is C15H22N4S. The molecule has 4 nitrogen and oxygen atoms in total. The maximum absolute atomic E-state index is 5.99. The minimum absolute atomic E-state index is 0.429. The van der Waals surface area contributed by atoms with Gasteiger partial charge in [-0.25, -0.2) is 9.67 Å². The quantitative estimate of drug-likeness (QED) is 0.944. The number of aromatic nitrogens is 3. The predicted molar refractivity (Wildman–Crippen MR) is 82.8 cm³/mol. The molecule has 0 aliphatic heterocycles. The molecule has 1 aliphatic carbocycles. The van der Waals surface area contributed by atoms with E-state index >= 15 is 0 Å². The van der Waals surface area contributed by atoms with E-state index in [1.54, 1.807) is 11.3 Å². The standard InChI is InChI=1S/C15H22N4S/c1-9(2)14-13-11(7-16)5-4-6-12(13)19(18-14)15-17-10(3)8-20-15/h8-9,11H,4-7,16H2,1-3H3. The summed E-state index contributed by atoms with van der Waals surface area (Å²) < 4.78 is 2.07. The SMILES string of the molecule is Cc1csc(-n2nc(C(C)C)c3c2CCCC3CN)n1. The Morgan fingerprint density at radius 3 is 2.90 bits per heavy atom. The number of nitrogens with two attached hydrogens (primary N) is 1. The van der Waals surface area contributed by atoms with Crippen LogP contribution in [0.1, 0.15) is 61.2 Å². The molecule has 0 saturated carbocycles. The molecule has 0 saturated heterocycles. The van der Waals surface area contributed by atoms with E-state index in [9.17, 15) is 0 Å². The Balaban J connectivity index is 2.17. The van der Waals surface area contributed by atoms with Crippen molar-refractivity contribution in [3.63, 3.8) is 0 Å². The minimum atomic E-state index is 0.429. The fourth-order valence-corrected chi connectivity index (χ4v) is 3.86. The first-order valence-electron chi connectivity index (χ1n) is 7.36. The van der Waals surface area contributed by atoms with Crippen molar-refractivity contribution in [2.24, 2.45) is 5.73 Å². The van der Waals surface area contributed by atoms with Crippen molar-refractivity contribution >= 4 is 11.3 Å². The van der Waals surface area contributed by atoms with Gasteiger partial charge in [-0.1, -0.05) is 13.8 Å². The second kappa shape index (κ2) is 5.30. The lowest BCUT2D eigenvalue weighted by Gasteiger charge is -2.23. The zero-order chi connectivity index (χ0) is 14.3. The van der Waals surface area contributed by atoms with Crippen molar-refractivity contribution in [2.45, 2.75) is 51.9 Å². The number of rotatable bonds is 3. The number of fused-ring (bicyclic) bond motifs is 1. The van der Waals surface area contributed by atoms with E-state index in [-0.39, 0.29) is 0 Å². The van der Waals surface area contributed by atoms with E-state index in [0.717, 1.165) is 23.8 Å². The number of hydrogen-bond donors (Lipinski definition) is 1. The highest BCUT2D eigenvalue weighted by Gasteiger charge is 2.29. The molecule has 2 aromatic rings. The third-order valence-corrected chi connectivity index (χ3v) is 4.98. The molecule has 1 aliphatic rings. The van der Waals surface area contributed by atoms with E-state index in [1.165, 1.54) is 29.8 Å². The van der Waals surface area contributed by atoms with Crippen LogP contribution in [0.3, 0.4) is 0 Å². The molecule has 0 fully saturated rings. The molecule has 0 radical (unpaired) electrons. The van der Waals surface area contributed by atoms with Crippen LogP contribution in [0.5, 0.6) is 0 Å². The van der Waals surface area contributed by atoms with E-state index in [2.05, 4.69) is 28.9 Å². The number of aryl methyl sites for hydroxylation is 1. The Morgan fingerprint density at radius 2 is 2.30 bits per heavy atom. The van der Waals surface area contributed by atoms with Crippen LogP contribution in [0.15, 0.2) is 5.38 Å². The molecule has 2 N–H and O–H groups in total. The second-order valence-electron chi connectivity index (χ2n) is 5.91. The number of nitrogens with zero attached hydrogens (tertiary/aromatic N) is 3. The van der Waals surface area contributed by atoms with E-state index in [1.807, 2.05) is 6.92 Å². The highest BCUT2D eigenvalue weighted by Crippen LogP contribution is 2.37. The monoisotopic (exact) mass is 290 g/mol. The van der Waals surface area contributed by atoms with Gasteiger partial charge in [-0.15, -0.1) is 11.3 Å². The molecule has 0 aromatic carbocycles. The topological polar surface area (TPSA) is 56.7 Å². The first-order valence-corrected chi connectivity index (χ1v) is 8.24. The highest BCUT2D eigenvalue weighted by molar-refractivity contribution is 7.12. The normalized spacial score (nSPS) is 18.6. The van der Waals surface area contributed by atoms with Gasteiger partial charge in [0.25, 0.3) is 0 Å². The van der Waals surface area contributed by atoms with Crippen molar-refractivity contribution in [2.75, 3.05) is 6.54 Å². The lowest BCUT2D eigenvalue weighted by molar-refractivity contribution is 0.545. The molecule has 3 rings (SSSR count). The van der Waals surface area contributed by atoms with E-state index in [0.29, 0.717) is 11.8 Å². The average Bonchev–Trinajstić information content (AvgIpc) is 3.01. The molecule has 5 heteroatoms. The zero-order valence-electron chi connectivity index (χ0n) is 12.4. The third-order valence-electron chi connectivity index (χ3n) is 4.04. The van der Waals surface area contributed by atoms with Crippen molar-refractivity contribution in [3.05, 3.63) is 28.0 Å². The summed E-state index contributed by atoms with van der Waals surface area (Å²) in [6, 6.07) is 0. The first-order chi connectivity index (χ1) is 9.61. The Labute approximate surface area is 124 Å². The van der Waals surface area contributed by atoms with Crippen LogP contribution >= 0.6 is 11.3 Å². The summed E-state index contributed by atoms with van der Waals surface area (Å²) in [5.74, 6) is 0.893. The van der Waals surface area contributed by atoms with Gasteiger partial charge in [-0.05, 0) is 44.6 Å². The van der Waals surface area contributed by atoms with Gasteiger partial charge < -0.3 is 5.73 Å². The molecule has 2 aromatic heterocycles. The molecule has 1 atom stereocenters. The van der Waals surface area contributed by atoms with E-state index in [4.69, 9.17) is 10.8 Å². The van der Waals surface area contributed by atoms with Gasteiger partial charge in [0.1, 0.15) is 0 Å². The zero-order valence-corrected chi connectivity index (χ0v) is 13.2. The summed E-state index contributed by atoms with van der Waals surface area (Å²) in [5.41, 5.74) is 11.0. The Kier molecular flexibility index (Phi) is 3.65. The van der Waals surface area contributed by atoms with Crippen LogP contribution in [-0.4, -0.2) is 21.3 Å². The second-order valence-corrected chi connectivity index (χ2v) is 6.74. The molecule has 0 bridgehead atoms. The molecule has 1 unspecified atom stereocenters. The lowest BCUT2D eigenvalue weighted by Crippen LogP contribution is -2.19. The molecular weight excluding hydrogens is 268 g/mol. The third kappa shape index (κ3) is 2.19. The van der Waals surface area contributed by atoms with Crippen LogP contribution in [0.25, 0.3) is 5.13 Å². The maximum Gasteiger partial charge on any atom is 0.210 e. The Bertz CT molecular complexity index is 611. The molecule has 0 spiro atoms. The highest BCUT2D eigenvalue weighted by atomic mass is 32.1. The largest absolute Gasteiger partial charge is 0.330 e. The van der Waals surface area contributed by atoms with Crippen LogP contribution in [0.4, 0.5) is 0 Å². The minimum Gasteiger partial charge on any atom is -0.330 e. The van der Waals surface area contributed by atoms with Crippen LogP contribution in [-0.2, 0) is 6.42 Å². The van der Waals surface area contributed by atoms with Crippen molar-refractivity contribution < 1.29 is 0 Å². The predicted octanol–water partition coefficient (Wildman–Crippen LogP) is 3.14. The van der Waals surface area contributed by atoms with Crippen LogP contribution in [0.2, 0.25) is 0 Å². The summed E-state index contributed by atoms with van der Waals surface area (Å²) in [7, 11) is 0. The summed E-state index contributed by atoms with van der Waals surface area (Å²) in [6.45, 7) is 7.17. The molecule has 0 amide bonds. The van der Waals surface area contributed by atoms with Gasteiger partial charge >= 0.3 is 0 Å². The van der Waals surface area contributed by atoms with Crippen molar-refractivity contribution in [1.29, 1.82) is 0 Å². The van der Waals surface area contributed by atoms with E-state index < -0.39 is 0 Å². The number of thiazole rings is 1. The fraction of sp³-hybridized carbons (Fsp3) is 0.600. The molecule has 2 heterocycles. The van der Waals surface area contributed by atoms with Crippen molar-refractivity contribution in [1.82, 2.24) is 14.8 Å². The van der Waals surface area contributed by atoms with Crippen LogP contribution < -0.4 is 5.73 Å². The smallest absolute Gasteiger partial charge is 0.210 e. The van der Waals surface area contributed by atoms with Gasteiger partial charge in [0.2, 0.25) is 5.13 Å². The van der Waals surface area contributed by atoms with Crippen LogP contribution in [0, 0.1) is 6.92 Å². The summed E-state index contributed by atoms with van der Waals surface area (Å²) in [5, 5.41) is 7.96. The summed E-state index contributed by atoms with van der Waals surface area (Å²) in [4.78, 5) is 4.60. The molecule has 108 valence electrons. The summed E-state index contributed by atoms with van der Waals surface area (Å²) in [6.07, 6.45) is 3.47. The maximum atomic E-state index is 5.99. The number of hydrogen-bond acceptors (Lipinski definition) is 4. The van der Waals surface area contributed by atoms with Gasteiger partial charge in [0, 0.05) is 10.9 Å².